The molecule has 2 aromatic carbocycles. The smallest absolute Gasteiger partial charge is 0.206 e. The minimum Gasteiger partial charge on any atom is -0.491 e. The molecule has 28 heavy (non-hydrogen) atoms. The number of thioether (sulfide) groups is 1. The van der Waals surface area contributed by atoms with Crippen LogP contribution < -0.4 is 10.1 Å². The Morgan fingerprint density at radius 3 is 2.75 bits per heavy atom. The zero-order chi connectivity index (χ0) is 19.9. The molecule has 3 rings (SSSR count). The molecule has 3 aromatic rings. The summed E-state index contributed by atoms with van der Waals surface area (Å²) in [4.78, 5) is 0. The van der Waals surface area contributed by atoms with Gasteiger partial charge in [-0.2, -0.15) is 0 Å². The van der Waals surface area contributed by atoms with Crippen molar-refractivity contribution in [2.45, 2.75) is 30.8 Å². The molecule has 0 aliphatic carbocycles. The molecular weight excluding hydrogens is 397 g/mol. The fraction of sp³-hybridized carbons (Fsp3) is 0.300. The SMILES string of the molecule is Cc1ccc(C)c(OC[C@@H](O)CSc2nnc(NCc3ccc(F)cc3)s2)c1. The molecule has 0 fully saturated rings. The molecule has 2 N–H and O–H groups in total. The van der Waals surface area contributed by atoms with Crippen molar-refractivity contribution in [2.24, 2.45) is 0 Å². The van der Waals surface area contributed by atoms with Gasteiger partial charge in [0.2, 0.25) is 5.13 Å². The Labute approximate surface area is 172 Å². The van der Waals surface area contributed by atoms with Gasteiger partial charge in [0.25, 0.3) is 0 Å². The molecule has 148 valence electrons. The lowest BCUT2D eigenvalue weighted by molar-refractivity contribution is 0.126. The molecule has 1 aromatic heterocycles. The van der Waals surface area contributed by atoms with E-state index in [9.17, 15) is 9.50 Å². The van der Waals surface area contributed by atoms with Gasteiger partial charge in [-0.15, -0.1) is 10.2 Å². The number of aromatic nitrogens is 2. The number of benzene rings is 2. The molecule has 8 heteroatoms. The predicted molar refractivity (Wildman–Crippen MR) is 112 cm³/mol. The first-order valence-electron chi connectivity index (χ1n) is 8.82. The molecule has 0 amide bonds. The van der Waals surface area contributed by atoms with Crippen molar-refractivity contribution in [1.29, 1.82) is 0 Å². The van der Waals surface area contributed by atoms with Crippen LogP contribution in [0.15, 0.2) is 46.8 Å². The monoisotopic (exact) mass is 419 g/mol. The van der Waals surface area contributed by atoms with Gasteiger partial charge in [0.15, 0.2) is 4.34 Å². The van der Waals surface area contributed by atoms with Crippen molar-refractivity contribution in [3.63, 3.8) is 0 Å². The van der Waals surface area contributed by atoms with Crippen LogP contribution in [-0.2, 0) is 6.54 Å². The van der Waals surface area contributed by atoms with E-state index in [1.807, 2.05) is 32.0 Å². The maximum absolute atomic E-state index is 12.9. The minimum absolute atomic E-state index is 0.228. The van der Waals surface area contributed by atoms with E-state index >= 15 is 0 Å². The lowest BCUT2D eigenvalue weighted by atomic mass is 10.1. The highest BCUT2D eigenvalue weighted by Gasteiger charge is 2.11. The van der Waals surface area contributed by atoms with Gasteiger partial charge < -0.3 is 15.2 Å². The number of ether oxygens (including phenoxy) is 1. The van der Waals surface area contributed by atoms with Gasteiger partial charge in [-0.05, 0) is 48.7 Å². The normalized spacial score (nSPS) is 12.0. The Hall–Kier alpha value is -2.16. The second-order valence-corrected chi connectivity index (χ2v) is 8.64. The minimum atomic E-state index is -0.607. The van der Waals surface area contributed by atoms with Crippen LogP contribution in [0.3, 0.4) is 0 Å². The van der Waals surface area contributed by atoms with E-state index in [0.717, 1.165) is 26.8 Å². The van der Waals surface area contributed by atoms with Crippen LogP contribution in [0.1, 0.15) is 16.7 Å². The third-order valence-corrected chi connectivity index (χ3v) is 6.10. The molecule has 0 aliphatic heterocycles. The fourth-order valence-electron chi connectivity index (χ4n) is 2.38. The van der Waals surface area contributed by atoms with Gasteiger partial charge >= 0.3 is 0 Å². The molecule has 1 atom stereocenters. The number of aryl methyl sites for hydroxylation is 2. The topological polar surface area (TPSA) is 67.3 Å². The summed E-state index contributed by atoms with van der Waals surface area (Å²) in [6, 6.07) is 12.3. The van der Waals surface area contributed by atoms with E-state index < -0.39 is 6.10 Å². The number of nitrogens with zero attached hydrogens (tertiary/aromatic N) is 2. The maximum Gasteiger partial charge on any atom is 0.206 e. The maximum atomic E-state index is 12.9. The number of rotatable bonds is 9. The molecule has 0 bridgehead atoms. The Balaban J connectivity index is 1.42. The van der Waals surface area contributed by atoms with Crippen molar-refractivity contribution >= 4 is 28.2 Å². The van der Waals surface area contributed by atoms with Gasteiger partial charge in [-0.3, -0.25) is 0 Å². The Bertz CT molecular complexity index is 903. The van der Waals surface area contributed by atoms with Crippen molar-refractivity contribution in [2.75, 3.05) is 17.7 Å². The molecule has 0 unspecified atom stereocenters. The predicted octanol–water partition coefficient (Wildman–Crippen LogP) is 4.44. The van der Waals surface area contributed by atoms with Gasteiger partial charge in [-0.25, -0.2) is 4.39 Å². The summed E-state index contributed by atoms with van der Waals surface area (Å²) in [6.45, 7) is 4.77. The standard InChI is InChI=1S/C20H22FN3O2S2/c1-13-3-4-14(2)18(9-13)26-11-17(25)12-27-20-24-23-19(28-20)22-10-15-5-7-16(21)8-6-15/h3-9,17,25H,10-12H2,1-2H3,(H,22,23)/t17-/m1/s1. The van der Waals surface area contributed by atoms with E-state index in [-0.39, 0.29) is 12.4 Å². The number of aliphatic hydroxyl groups is 1. The van der Waals surface area contributed by atoms with Crippen LogP contribution >= 0.6 is 23.1 Å². The molecule has 0 aliphatic rings. The third-order valence-electron chi connectivity index (χ3n) is 3.94. The summed E-state index contributed by atoms with van der Waals surface area (Å²) < 4.78 is 19.4. The molecule has 5 nitrogen and oxygen atoms in total. The van der Waals surface area contributed by atoms with E-state index in [2.05, 4.69) is 15.5 Å². The highest BCUT2D eigenvalue weighted by molar-refractivity contribution is 8.01. The summed E-state index contributed by atoms with van der Waals surface area (Å²) in [5.41, 5.74) is 3.13. The highest BCUT2D eigenvalue weighted by Crippen LogP contribution is 2.26. The Kier molecular flexibility index (Phi) is 7.24. The second-order valence-electron chi connectivity index (χ2n) is 6.40. The Morgan fingerprint density at radius 2 is 1.96 bits per heavy atom. The van der Waals surface area contributed by atoms with E-state index in [4.69, 9.17) is 4.74 Å². The zero-order valence-electron chi connectivity index (χ0n) is 15.7. The van der Waals surface area contributed by atoms with Crippen molar-refractivity contribution < 1.29 is 14.2 Å². The van der Waals surface area contributed by atoms with Crippen LogP contribution in [0.2, 0.25) is 0 Å². The lowest BCUT2D eigenvalue weighted by Gasteiger charge is -2.13. The highest BCUT2D eigenvalue weighted by atomic mass is 32.2. The first-order chi connectivity index (χ1) is 13.5. The van der Waals surface area contributed by atoms with Crippen LogP contribution in [0.5, 0.6) is 5.75 Å². The van der Waals surface area contributed by atoms with E-state index in [1.165, 1.54) is 35.2 Å². The summed E-state index contributed by atoms with van der Waals surface area (Å²) >= 11 is 2.86. The largest absolute Gasteiger partial charge is 0.491 e. The molecule has 0 saturated heterocycles. The third kappa shape index (κ3) is 6.19. The number of halogens is 1. The van der Waals surface area contributed by atoms with Gasteiger partial charge in [0.05, 0.1) is 6.10 Å². The molecular formula is C20H22FN3O2S2. The molecule has 1 heterocycles. The lowest BCUT2D eigenvalue weighted by Crippen LogP contribution is -2.20. The summed E-state index contributed by atoms with van der Waals surface area (Å²) in [6.07, 6.45) is -0.607. The van der Waals surface area contributed by atoms with Crippen molar-refractivity contribution in [3.8, 4) is 5.75 Å². The fourth-order valence-corrected chi connectivity index (χ4v) is 4.06. The van der Waals surface area contributed by atoms with Crippen LogP contribution in [0.4, 0.5) is 9.52 Å². The summed E-state index contributed by atoms with van der Waals surface area (Å²) in [7, 11) is 0. The van der Waals surface area contributed by atoms with Crippen LogP contribution in [0.25, 0.3) is 0 Å². The number of nitrogens with one attached hydrogen (secondary N) is 1. The average molecular weight is 420 g/mol. The molecule has 0 saturated carbocycles. The summed E-state index contributed by atoms with van der Waals surface area (Å²) in [5, 5.41) is 22.2. The van der Waals surface area contributed by atoms with Crippen molar-refractivity contribution in [3.05, 3.63) is 65.0 Å². The quantitative estimate of drug-likeness (QED) is 0.500. The molecule has 0 spiro atoms. The number of anilines is 1. The Morgan fingerprint density at radius 1 is 1.18 bits per heavy atom. The molecule has 0 radical (unpaired) electrons. The number of hydrogen-bond acceptors (Lipinski definition) is 7. The van der Waals surface area contributed by atoms with E-state index in [0.29, 0.717) is 17.4 Å². The van der Waals surface area contributed by atoms with Crippen molar-refractivity contribution in [1.82, 2.24) is 10.2 Å². The van der Waals surface area contributed by atoms with Crippen LogP contribution in [-0.4, -0.2) is 33.8 Å². The van der Waals surface area contributed by atoms with Gasteiger partial charge in [-0.1, -0.05) is 47.4 Å². The average Bonchev–Trinajstić information content (AvgIpc) is 3.14. The first-order valence-corrected chi connectivity index (χ1v) is 10.6. The number of hydrogen-bond donors (Lipinski definition) is 2. The van der Waals surface area contributed by atoms with E-state index in [1.54, 1.807) is 12.1 Å². The zero-order valence-corrected chi connectivity index (χ0v) is 17.3. The first kappa shape index (κ1) is 20.6. The summed E-state index contributed by atoms with van der Waals surface area (Å²) in [5.74, 6) is 1.02. The second kappa shape index (κ2) is 9.86. The van der Waals surface area contributed by atoms with Gasteiger partial charge in [0, 0.05) is 12.3 Å². The van der Waals surface area contributed by atoms with Crippen LogP contribution in [0, 0.1) is 19.7 Å². The number of aliphatic hydroxyl groups excluding tert-OH is 1. The van der Waals surface area contributed by atoms with Gasteiger partial charge in [0.1, 0.15) is 18.2 Å².